The third-order valence-electron chi connectivity index (χ3n) is 3.52. The third-order valence-corrected chi connectivity index (χ3v) is 4.86. The molecular weight excluding hydrogens is 315 g/mol. The Balaban J connectivity index is 0.00000200. The Morgan fingerprint density at radius 2 is 1.95 bits per heavy atom. The zero-order chi connectivity index (χ0) is 13.5. The molecule has 1 amide bonds. The molecular formula is C14H22Cl2N2OS. The number of carbonyl (C=O) groups is 1. The van der Waals surface area contributed by atoms with E-state index in [0.717, 1.165) is 6.54 Å². The summed E-state index contributed by atoms with van der Waals surface area (Å²) < 4.78 is 0. The van der Waals surface area contributed by atoms with Crippen LogP contribution < -0.4 is 10.6 Å². The first-order chi connectivity index (χ1) is 9.27. The van der Waals surface area contributed by atoms with Crippen LogP contribution in [0.25, 0.3) is 0 Å². The van der Waals surface area contributed by atoms with Gasteiger partial charge in [0.1, 0.15) is 4.88 Å². The summed E-state index contributed by atoms with van der Waals surface area (Å²) in [7, 11) is 0. The summed E-state index contributed by atoms with van der Waals surface area (Å²) in [5, 5.41) is 8.81. The Labute approximate surface area is 135 Å². The van der Waals surface area contributed by atoms with Crippen LogP contribution in [0.3, 0.4) is 0 Å². The zero-order valence-corrected chi connectivity index (χ0v) is 13.9. The lowest BCUT2D eigenvalue weighted by Gasteiger charge is -2.16. The van der Waals surface area contributed by atoms with Crippen molar-refractivity contribution >= 4 is 41.3 Å². The maximum absolute atomic E-state index is 11.8. The van der Waals surface area contributed by atoms with Crippen LogP contribution in [0, 0.1) is 0 Å². The van der Waals surface area contributed by atoms with Crippen molar-refractivity contribution in [1.82, 2.24) is 10.6 Å². The molecule has 0 aliphatic heterocycles. The number of hydrogen-bond acceptors (Lipinski definition) is 3. The van der Waals surface area contributed by atoms with Gasteiger partial charge in [0.2, 0.25) is 0 Å². The van der Waals surface area contributed by atoms with E-state index in [2.05, 4.69) is 10.6 Å². The highest BCUT2D eigenvalue weighted by Crippen LogP contribution is 2.21. The molecule has 0 atom stereocenters. The molecule has 0 radical (unpaired) electrons. The van der Waals surface area contributed by atoms with Crippen molar-refractivity contribution in [2.75, 3.05) is 13.1 Å². The average molecular weight is 337 g/mol. The smallest absolute Gasteiger partial charge is 0.262 e. The lowest BCUT2D eigenvalue weighted by Crippen LogP contribution is -2.36. The molecule has 6 heteroatoms. The fourth-order valence-corrected chi connectivity index (χ4v) is 3.53. The van der Waals surface area contributed by atoms with Gasteiger partial charge in [-0.15, -0.1) is 23.7 Å². The lowest BCUT2D eigenvalue weighted by molar-refractivity contribution is 0.0957. The van der Waals surface area contributed by atoms with Gasteiger partial charge in [0.25, 0.3) is 5.91 Å². The minimum atomic E-state index is -0.0670. The fraction of sp³-hybridized carbons (Fsp3) is 0.643. The molecule has 0 saturated heterocycles. The molecule has 1 saturated carbocycles. The number of rotatable bonds is 5. The van der Waals surface area contributed by atoms with Crippen LogP contribution in [0.5, 0.6) is 0 Å². The standard InChI is InChI=1S/C14H21ClN2OS.ClH/c15-12-7-10-19-13(12)14(18)17-9-8-16-11-5-3-1-2-4-6-11;/h7,10-11,16H,1-6,8-9H2,(H,17,18);1H. The largest absolute Gasteiger partial charge is 0.350 e. The number of amides is 1. The molecule has 0 bridgehead atoms. The van der Waals surface area contributed by atoms with E-state index >= 15 is 0 Å². The quantitative estimate of drug-likeness (QED) is 0.633. The van der Waals surface area contributed by atoms with E-state index in [4.69, 9.17) is 11.6 Å². The van der Waals surface area contributed by atoms with E-state index in [0.29, 0.717) is 22.5 Å². The van der Waals surface area contributed by atoms with Gasteiger partial charge in [0.05, 0.1) is 5.02 Å². The zero-order valence-electron chi connectivity index (χ0n) is 11.5. The molecule has 1 aliphatic rings. The molecule has 1 aromatic heterocycles. The van der Waals surface area contributed by atoms with E-state index in [1.807, 2.05) is 5.38 Å². The second-order valence-corrected chi connectivity index (χ2v) is 6.32. The van der Waals surface area contributed by atoms with Crippen molar-refractivity contribution in [1.29, 1.82) is 0 Å². The molecule has 1 aliphatic carbocycles. The van der Waals surface area contributed by atoms with E-state index < -0.39 is 0 Å². The SMILES string of the molecule is Cl.O=C(NCCNC1CCCCCC1)c1sccc1Cl. The number of carbonyl (C=O) groups excluding carboxylic acids is 1. The maximum atomic E-state index is 11.8. The molecule has 2 N–H and O–H groups in total. The summed E-state index contributed by atoms with van der Waals surface area (Å²) in [6, 6.07) is 2.38. The maximum Gasteiger partial charge on any atom is 0.262 e. The number of nitrogens with one attached hydrogen (secondary N) is 2. The fourth-order valence-electron chi connectivity index (χ4n) is 2.47. The topological polar surface area (TPSA) is 41.1 Å². The van der Waals surface area contributed by atoms with Gasteiger partial charge >= 0.3 is 0 Å². The minimum Gasteiger partial charge on any atom is -0.350 e. The van der Waals surface area contributed by atoms with Gasteiger partial charge in [0, 0.05) is 19.1 Å². The molecule has 1 aromatic rings. The van der Waals surface area contributed by atoms with Gasteiger partial charge < -0.3 is 10.6 Å². The average Bonchev–Trinajstić information content (AvgIpc) is 2.68. The molecule has 0 aromatic carbocycles. The summed E-state index contributed by atoms with van der Waals surface area (Å²) in [5.41, 5.74) is 0. The molecule has 3 nitrogen and oxygen atoms in total. The molecule has 0 spiro atoms. The highest BCUT2D eigenvalue weighted by Gasteiger charge is 2.13. The van der Waals surface area contributed by atoms with E-state index in [9.17, 15) is 4.79 Å². The molecule has 0 unspecified atom stereocenters. The van der Waals surface area contributed by atoms with Crippen molar-refractivity contribution in [3.05, 3.63) is 21.3 Å². The van der Waals surface area contributed by atoms with Gasteiger partial charge in [-0.2, -0.15) is 0 Å². The summed E-state index contributed by atoms with van der Waals surface area (Å²) >= 11 is 7.30. The highest BCUT2D eigenvalue weighted by atomic mass is 35.5. The third kappa shape index (κ3) is 5.60. The Morgan fingerprint density at radius 3 is 2.55 bits per heavy atom. The second-order valence-electron chi connectivity index (χ2n) is 5.00. The molecule has 1 fully saturated rings. The summed E-state index contributed by atoms with van der Waals surface area (Å²) in [4.78, 5) is 12.4. The predicted molar refractivity (Wildman–Crippen MR) is 88.4 cm³/mol. The van der Waals surface area contributed by atoms with Crippen molar-refractivity contribution in [2.24, 2.45) is 0 Å². The van der Waals surface area contributed by atoms with Crippen LogP contribution in [0.1, 0.15) is 48.2 Å². The van der Waals surface area contributed by atoms with Crippen LogP contribution in [0.15, 0.2) is 11.4 Å². The van der Waals surface area contributed by atoms with Crippen molar-refractivity contribution in [3.63, 3.8) is 0 Å². The Morgan fingerprint density at radius 1 is 1.25 bits per heavy atom. The first-order valence-electron chi connectivity index (χ1n) is 7.02. The van der Waals surface area contributed by atoms with E-state index in [1.54, 1.807) is 6.07 Å². The molecule has 1 heterocycles. The van der Waals surface area contributed by atoms with E-state index in [1.165, 1.54) is 49.9 Å². The van der Waals surface area contributed by atoms with Gasteiger partial charge in [-0.05, 0) is 24.3 Å². The number of hydrogen-bond donors (Lipinski definition) is 2. The molecule has 20 heavy (non-hydrogen) atoms. The second kappa shape index (κ2) is 9.61. The van der Waals surface area contributed by atoms with Gasteiger partial charge in [0.15, 0.2) is 0 Å². The van der Waals surface area contributed by atoms with Crippen LogP contribution in [0.2, 0.25) is 5.02 Å². The predicted octanol–water partition coefficient (Wildman–Crippen LogP) is 3.87. The monoisotopic (exact) mass is 336 g/mol. The number of thiophene rings is 1. The van der Waals surface area contributed by atoms with E-state index in [-0.39, 0.29) is 18.3 Å². The Bertz CT molecular complexity index is 404. The van der Waals surface area contributed by atoms with Crippen molar-refractivity contribution in [2.45, 2.75) is 44.6 Å². The van der Waals surface area contributed by atoms with Crippen LogP contribution in [-0.4, -0.2) is 25.0 Å². The minimum absolute atomic E-state index is 0. The Kier molecular flexibility index (Phi) is 8.53. The van der Waals surface area contributed by atoms with Crippen molar-refractivity contribution < 1.29 is 4.79 Å². The van der Waals surface area contributed by atoms with Gasteiger partial charge in [-0.1, -0.05) is 37.3 Å². The number of halogens is 2. The molecule has 2 rings (SSSR count). The van der Waals surface area contributed by atoms with Crippen LogP contribution >= 0.6 is 35.3 Å². The summed E-state index contributed by atoms with van der Waals surface area (Å²) in [5.74, 6) is -0.0670. The van der Waals surface area contributed by atoms with Gasteiger partial charge in [-0.3, -0.25) is 4.79 Å². The van der Waals surface area contributed by atoms with Crippen LogP contribution in [0.4, 0.5) is 0 Å². The summed E-state index contributed by atoms with van der Waals surface area (Å²) in [6.07, 6.45) is 7.93. The highest BCUT2D eigenvalue weighted by molar-refractivity contribution is 7.12. The first kappa shape index (κ1) is 17.8. The van der Waals surface area contributed by atoms with Gasteiger partial charge in [-0.25, -0.2) is 0 Å². The first-order valence-corrected chi connectivity index (χ1v) is 8.27. The van der Waals surface area contributed by atoms with Crippen LogP contribution in [-0.2, 0) is 0 Å². The molecule has 114 valence electrons. The summed E-state index contributed by atoms with van der Waals surface area (Å²) in [6.45, 7) is 1.49. The van der Waals surface area contributed by atoms with Crippen molar-refractivity contribution in [3.8, 4) is 0 Å². The normalized spacial score (nSPS) is 16.2. The Hall–Kier alpha value is -0.290. The lowest BCUT2D eigenvalue weighted by atomic mass is 10.1.